The van der Waals surface area contributed by atoms with Crippen LogP contribution < -0.4 is 5.32 Å². The molecule has 3 nitrogen and oxygen atoms in total. The minimum Gasteiger partial charge on any atom is -0.325 e. The van der Waals surface area contributed by atoms with Gasteiger partial charge in [0.25, 0.3) is 0 Å². The molecule has 1 N–H and O–H groups in total. The highest BCUT2D eigenvalue weighted by molar-refractivity contribution is 6.12. The van der Waals surface area contributed by atoms with Crippen LogP contribution in [0, 0.1) is 11.6 Å². The van der Waals surface area contributed by atoms with Crippen LogP contribution >= 0.6 is 0 Å². The molecule has 0 radical (unpaired) electrons. The third-order valence-electron chi connectivity index (χ3n) is 3.11. The average Bonchev–Trinajstić information content (AvgIpc) is 2.74. The first kappa shape index (κ1) is 12.5. The van der Waals surface area contributed by atoms with Crippen molar-refractivity contribution in [2.45, 2.75) is 5.92 Å². The zero-order valence-electron chi connectivity index (χ0n) is 10.3. The van der Waals surface area contributed by atoms with E-state index >= 15 is 0 Å². The molecule has 0 saturated heterocycles. The SMILES string of the molecule is O=C1Nc2ccccc2C1C=Nc1ccc(F)cc1F. The minimum absolute atomic E-state index is 0.00332. The molecule has 1 amide bonds. The molecule has 0 fully saturated rings. The van der Waals surface area contributed by atoms with Crippen LogP contribution in [0.4, 0.5) is 20.2 Å². The van der Waals surface area contributed by atoms with E-state index in [9.17, 15) is 13.6 Å². The Morgan fingerprint density at radius 2 is 1.95 bits per heavy atom. The predicted molar refractivity (Wildman–Crippen MR) is 72.3 cm³/mol. The van der Waals surface area contributed by atoms with E-state index in [1.807, 2.05) is 18.2 Å². The summed E-state index contributed by atoms with van der Waals surface area (Å²) < 4.78 is 26.3. The molecular weight excluding hydrogens is 262 g/mol. The Hall–Kier alpha value is -2.56. The zero-order chi connectivity index (χ0) is 14.1. The van der Waals surface area contributed by atoms with Gasteiger partial charge < -0.3 is 5.32 Å². The van der Waals surface area contributed by atoms with Crippen LogP contribution in [-0.2, 0) is 4.79 Å². The highest BCUT2D eigenvalue weighted by Gasteiger charge is 2.28. The largest absolute Gasteiger partial charge is 0.325 e. The van der Waals surface area contributed by atoms with Crippen molar-refractivity contribution in [1.82, 2.24) is 0 Å². The molecule has 0 saturated carbocycles. The molecule has 0 bridgehead atoms. The van der Waals surface area contributed by atoms with Crippen LogP contribution in [0.15, 0.2) is 47.5 Å². The Morgan fingerprint density at radius 1 is 1.15 bits per heavy atom. The van der Waals surface area contributed by atoms with Crippen LogP contribution in [0.1, 0.15) is 11.5 Å². The molecule has 0 aliphatic carbocycles. The summed E-state index contributed by atoms with van der Waals surface area (Å²) in [5.74, 6) is -2.19. The van der Waals surface area contributed by atoms with Crippen molar-refractivity contribution in [2.24, 2.45) is 4.99 Å². The Balaban J connectivity index is 1.91. The van der Waals surface area contributed by atoms with Gasteiger partial charge in [0.05, 0.1) is 5.69 Å². The summed E-state index contributed by atoms with van der Waals surface area (Å²) in [6, 6.07) is 10.4. The first-order valence-corrected chi connectivity index (χ1v) is 6.04. The number of nitrogens with one attached hydrogen (secondary N) is 1. The number of aliphatic imine (C=N–C) groups is 1. The molecule has 3 rings (SSSR count). The van der Waals surface area contributed by atoms with Gasteiger partial charge in [0, 0.05) is 18.0 Å². The summed E-state index contributed by atoms with van der Waals surface area (Å²) in [7, 11) is 0. The Labute approximate surface area is 114 Å². The molecule has 5 heteroatoms. The summed E-state index contributed by atoms with van der Waals surface area (Å²) >= 11 is 0. The lowest BCUT2D eigenvalue weighted by Gasteiger charge is -2.02. The maximum atomic E-state index is 13.5. The van der Waals surface area contributed by atoms with Gasteiger partial charge in [-0.2, -0.15) is 0 Å². The fourth-order valence-corrected chi connectivity index (χ4v) is 2.12. The van der Waals surface area contributed by atoms with Gasteiger partial charge in [0.2, 0.25) is 5.91 Å². The van der Waals surface area contributed by atoms with E-state index in [1.54, 1.807) is 6.07 Å². The van der Waals surface area contributed by atoms with Crippen molar-refractivity contribution >= 4 is 23.5 Å². The molecule has 1 atom stereocenters. The van der Waals surface area contributed by atoms with E-state index in [0.717, 1.165) is 23.4 Å². The number of para-hydroxylation sites is 1. The fourth-order valence-electron chi connectivity index (χ4n) is 2.12. The van der Waals surface area contributed by atoms with Gasteiger partial charge >= 0.3 is 0 Å². The zero-order valence-corrected chi connectivity index (χ0v) is 10.3. The van der Waals surface area contributed by atoms with Crippen LogP contribution in [-0.4, -0.2) is 12.1 Å². The van der Waals surface area contributed by atoms with Gasteiger partial charge in [-0.05, 0) is 23.8 Å². The van der Waals surface area contributed by atoms with Crippen molar-refractivity contribution < 1.29 is 13.6 Å². The van der Waals surface area contributed by atoms with E-state index in [2.05, 4.69) is 10.3 Å². The molecule has 20 heavy (non-hydrogen) atoms. The van der Waals surface area contributed by atoms with Gasteiger partial charge in [-0.25, -0.2) is 8.78 Å². The Morgan fingerprint density at radius 3 is 2.75 bits per heavy atom. The Bertz CT molecular complexity index is 713. The quantitative estimate of drug-likeness (QED) is 0.836. The minimum atomic E-state index is -0.757. The predicted octanol–water partition coefficient (Wildman–Crippen LogP) is 3.40. The number of benzene rings is 2. The van der Waals surface area contributed by atoms with Crippen LogP contribution in [0.3, 0.4) is 0 Å². The van der Waals surface area contributed by atoms with Gasteiger partial charge in [-0.15, -0.1) is 0 Å². The van der Waals surface area contributed by atoms with Gasteiger partial charge in [0.15, 0.2) is 5.82 Å². The molecular formula is C15H10F2N2O. The van der Waals surface area contributed by atoms with Crippen molar-refractivity contribution in [3.8, 4) is 0 Å². The van der Waals surface area contributed by atoms with Crippen LogP contribution in [0.25, 0.3) is 0 Å². The summed E-state index contributed by atoms with van der Waals surface area (Å²) in [6.07, 6.45) is 1.37. The maximum absolute atomic E-state index is 13.5. The second-order valence-corrected chi connectivity index (χ2v) is 4.43. The fraction of sp³-hybridized carbons (Fsp3) is 0.0667. The van der Waals surface area contributed by atoms with Crippen LogP contribution in [0.5, 0.6) is 0 Å². The summed E-state index contributed by atoms with van der Waals surface area (Å²) in [5.41, 5.74) is 1.53. The Kier molecular flexibility index (Phi) is 3.02. The lowest BCUT2D eigenvalue weighted by atomic mass is 10.0. The van der Waals surface area contributed by atoms with Gasteiger partial charge in [-0.1, -0.05) is 18.2 Å². The van der Waals surface area contributed by atoms with E-state index in [-0.39, 0.29) is 11.6 Å². The number of amides is 1. The number of halogens is 2. The van der Waals surface area contributed by atoms with Gasteiger partial charge in [0.1, 0.15) is 11.7 Å². The van der Waals surface area contributed by atoms with Crippen molar-refractivity contribution in [1.29, 1.82) is 0 Å². The number of fused-ring (bicyclic) bond motifs is 1. The van der Waals surface area contributed by atoms with E-state index in [4.69, 9.17) is 0 Å². The number of rotatable bonds is 2. The van der Waals surface area contributed by atoms with E-state index in [0.29, 0.717) is 0 Å². The van der Waals surface area contributed by atoms with Crippen LogP contribution in [0.2, 0.25) is 0 Å². The number of anilines is 1. The summed E-state index contributed by atoms with van der Waals surface area (Å²) in [6.45, 7) is 0. The molecule has 0 aromatic heterocycles. The lowest BCUT2D eigenvalue weighted by Crippen LogP contribution is -2.12. The number of hydrogen-bond donors (Lipinski definition) is 1. The third kappa shape index (κ3) is 2.18. The molecule has 0 spiro atoms. The normalized spacial score (nSPS) is 17.3. The molecule has 2 aromatic rings. The number of carbonyl (C=O) groups is 1. The van der Waals surface area contributed by atoms with E-state index in [1.165, 1.54) is 12.3 Å². The molecule has 1 aliphatic rings. The topological polar surface area (TPSA) is 41.5 Å². The molecule has 2 aromatic carbocycles. The second kappa shape index (κ2) is 4.85. The third-order valence-corrected chi connectivity index (χ3v) is 3.11. The standard InChI is InChI=1S/C15H10F2N2O/c16-9-5-6-14(12(17)7-9)18-8-11-10-3-1-2-4-13(10)19-15(11)20/h1-8,11H,(H,19,20). The number of hydrogen-bond acceptors (Lipinski definition) is 2. The molecule has 1 unspecified atom stereocenters. The second-order valence-electron chi connectivity index (χ2n) is 4.43. The lowest BCUT2D eigenvalue weighted by molar-refractivity contribution is -0.115. The van der Waals surface area contributed by atoms with Gasteiger partial charge in [-0.3, -0.25) is 9.79 Å². The first-order valence-electron chi connectivity index (χ1n) is 6.04. The molecule has 1 aliphatic heterocycles. The number of nitrogens with zero attached hydrogens (tertiary/aromatic N) is 1. The van der Waals surface area contributed by atoms with E-state index < -0.39 is 17.6 Å². The highest BCUT2D eigenvalue weighted by atomic mass is 19.1. The van der Waals surface area contributed by atoms with Crippen molar-refractivity contribution in [3.63, 3.8) is 0 Å². The highest BCUT2D eigenvalue weighted by Crippen LogP contribution is 2.31. The number of carbonyl (C=O) groups excluding carboxylic acids is 1. The summed E-state index contributed by atoms with van der Waals surface area (Å²) in [4.78, 5) is 15.8. The smallest absolute Gasteiger partial charge is 0.237 e. The van der Waals surface area contributed by atoms with Crippen molar-refractivity contribution in [2.75, 3.05) is 5.32 Å². The monoisotopic (exact) mass is 272 g/mol. The maximum Gasteiger partial charge on any atom is 0.237 e. The first-order chi connectivity index (χ1) is 9.65. The van der Waals surface area contributed by atoms with Crippen molar-refractivity contribution in [3.05, 3.63) is 59.7 Å². The molecule has 100 valence electrons. The average molecular weight is 272 g/mol. The summed E-state index contributed by atoms with van der Waals surface area (Å²) in [5, 5.41) is 2.72. The molecule has 1 heterocycles.